The fraction of sp³-hybridized carbons (Fsp3) is 0.400. The Hall–Kier alpha value is -2.12. The third-order valence-corrected chi connectivity index (χ3v) is 6.75. The molecule has 0 amide bonds. The molecule has 5 nitrogen and oxygen atoms in total. The molecule has 1 N–H and O–H groups in total. The fourth-order valence-corrected chi connectivity index (χ4v) is 5.19. The minimum atomic E-state index is 0.173. The normalized spacial score (nSPS) is 15.0. The topological polar surface area (TPSA) is 67.8 Å². The SMILES string of the molecule is Cc1nc(C)c(-c2csc(Nc3ccc(C(=O)C4CCCCC4)cn3)n2)s1. The minimum Gasteiger partial charge on any atom is -0.316 e. The van der Waals surface area contributed by atoms with Gasteiger partial charge in [0.1, 0.15) is 5.82 Å². The molecule has 3 aromatic rings. The van der Waals surface area contributed by atoms with E-state index >= 15 is 0 Å². The molecule has 3 heterocycles. The maximum atomic E-state index is 12.6. The largest absolute Gasteiger partial charge is 0.316 e. The second kappa shape index (κ2) is 7.86. The number of ketones is 1. The van der Waals surface area contributed by atoms with Crippen molar-refractivity contribution in [1.29, 1.82) is 0 Å². The molecule has 0 unspecified atom stereocenters. The first-order valence-corrected chi connectivity index (χ1v) is 11.0. The van der Waals surface area contributed by atoms with Crippen LogP contribution in [0.4, 0.5) is 10.9 Å². The summed E-state index contributed by atoms with van der Waals surface area (Å²) >= 11 is 3.20. The lowest BCUT2D eigenvalue weighted by atomic mass is 9.84. The van der Waals surface area contributed by atoms with Crippen LogP contribution in [0.5, 0.6) is 0 Å². The molecule has 0 bridgehead atoms. The highest BCUT2D eigenvalue weighted by atomic mass is 32.1. The number of hydrogen-bond donors (Lipinski definition) is 1. The second-order valence-corrected chi connectivity index (χ2v) is 9.00. The van der Waals surface area contributed by atoms with Crippen molar-refractivity contribution in [2.24, 2.45) is 5.92 Å². The molecule has 1 fully saturated rings. The predicted octanol–water partition coefficient (Wildman–Crippen LogP) is 5.79. The standard InChI is InChI=1S/C20H22N4OS2/c1-12-19(27-13(2)22-12)16-11-26-20(23-16)24-17-9-8-15(10-21-17)18(25)14-6-4-3-5-7-14/h8-11,14H,3-7H2,1-2H3,(H,21,23,24). The van der Waals surface area contributed by atoms with Crippen molar-refractivity contribution >= 4 is 39.4 Å². The van der Waals surface area contributed by atoms with E-state index in [0.29, 0.717) is 11.4 Å². The number of nitrogens with one attached hydrogen (secondary N) is 1. The van der Waals surface area contributed by atoms with Gasteiger partial charge in [-0.15, -0.1) is 22.7 Å². The number of aryl methyl sites for hydroxylation is 2. The molecule has 0 atom stereocenters. The monoisotopic (exact) mass is 398 g/mol. The quantitative estimate of drug-likeness (QED) is 0.551. The maximum Gasteiger partial charge on any atom is 0.188 e. The van der Waals surface area contributed by atoms with Gasteiger partial charge in [-0.3, -0.25) is 4.79 Å². The van der Waals surface area contributed by atoms with Crippen LogP contribution in [0.2, 0.25) is 0 Å². The number of Topliss-reactive ketones (excluding diaryl/α,β-unsaturated/α-hetero) is 1. The molecular weight excluding hydrogens is 376 g/mol. The smallest absolute Gasteiger partial charge is 0.188 e. The number of thiazole rings is 2. The number of pyridine rings is 1. The Morgan fingerprint density at radius 2 is 1.96 bits per heavy atom. The molecule has 0 aliphatic heterocycles. The Balaban J connectivity index is 1.44. The van der Waals surface area contributed by atoms with Gasteiger partial charge in [-0.1, -0.05) is 19.3 Å². The average molecular weight is 399 g/mol. The molecule has 3 aromatic heterocycles. The van der Waals surface area contributed by atoms with Gasteiger partial charge >= 0.3 is 0 Å². The molecule has 1 saturated carbocycles. The van der Waals surface area contributed by atoms with Crippen LogP contribution in [0.1, 0.15) is 53.2 Å². The third kappa shape index (κ3) is 4.09. The van der Waals surface area contributed by atoms with Gasteiger partial charge in [-0.25, -0.2) is 15.0 Å². The van der Waals surface area contributed by atoms with Gasteiger partial charge in [-0.05, 0) is 38.8 Å². The lowest BCUT2D eigenvalue weighted by Gasteiger charge is -2.20. The highest BCUT2D eigenvalue weighted by Gasteiger charge is 2.22. The van der Waals surface area contributed by atoms with Crippen molar-refractivity contribution in [2.75, 3.05) is 5.32 Å². The van der Waals surface area contributed by atoms with E-state index in [9.17, 15) is 4.79 Å². The zero-order chi connectivity index (χ0) is 18.8. The highest BCUT2D eigenvalue weighted by Crippen LogP contribution is 2.33. The summed E-state index contributed by atoms with van der Waals surface area (Å²) in [5, 5.41) is 7.10. The van der Waals surface area contributed by atoms with Crippen molar-refractivity contribution < 1.29 is 4.79 Å². The fourth-order valence-electron chi connectivity index (χ4n) is 3.53. The van der Waals surface area contributed by atoms with Crippen molar-refractivity contribution in [3.63, 3.8) is 0 Å². The number of carbonyl (C=O) groups is 1. The van der Waals surface area contributed by atoms with Crippen molar-refractivity contribution in [3.05, 3.63) is 40.0 Å². The van der Waals surface area contributed by atoms with Gasteiger partial charge in [0.2, 0.25) is 0 Å². The van der Waals surface area contributed by atoms with E-state index in [0.717, 1.165) is 52.1 Å². The first-order chi connectivity index (χ1) is 13.1. The molecule has 0 radical (unpaired) electrons. The number of nitrogens with zero attached hydrogens (tertiary/aromatic N) is 3. The second-order valence-electron chi connectivity index (χ2n) is 6.94. The van der Waals surface area contributed by atoms with Crippen LogP contribution in [0.3, 0.4) is 0 Å². The Morgan fingerprint density at radius 1 is 1.15 bits per heavy atom. The van der Waals surface area contributed by atoms with Crippen LogP contribution in [0.25, 0.3) is 10.6 Å². The van der Waals surface area contributed by atoms with Crippen LogP contribution >= 0.6 is 22.7 Å². The lowest BCUT2D eigenvalue weighted by Crippen LogP contribution is -2.18. The summed E-state index contributed by atoms with van der Waals surface area (Å²) in [4.78, 5) is 27.2. The van der Waals surface area contributed by atoms with E-state index in [-0.39, 0.29) is 11.7 Å². The molecule has 140 valence electrons. The summed E-state index contributed by atoms with van der Waals surface area (Å²) in [6.07, 6.45) is 7.28. The molecule has 4 rings (SSSR count). The summed E-state index contributed by atoms with van der Waals surface area (Å²) in [5.74, 6) is 1.11. The van der Waals surface area contributed by atoms with Crippen molar-refractivity contribution in [1.82, 2.24) is 15.0 Å². The lowest BCUT2D eigenvalue weighted by molar-refractivity contribution is 0.0889. The van der Waals surface area contributed by atoms with Gasteiger partial charge in [-0.2, -0.15) is 0 Å². The van der Waals surface area contributed by atoms with Crippen LogP contribution in [-0.4, -0.2) is 20.7 Å². The van der Waals surface area contributed by atoms with E-state index in [4.69, 9.17) is 0 Å². The van der Waals surface area contributed by atoms with Gasteiger partial charge in [0.05, 0.1) is 21.3 Å². The summed E-state index contributed by atoms with van der Waals surface area (Å²) in [5.41, 5.74) is 2.66. The number of hydrogen-bond acceptors (Lipinski definition) is 7. The maximum absolute atomic E-state index is 12.6. The molecule has 27 heavy (non-hydrogen) atoms. The van der Waals surface area contributed by atoms with Crippen molar-refractivity contribution in [2.45, 2.75) is 46.0 Å². The Kier molecular flexibility index (Phi) is 5.31. The first-order valence-electron chi connectivity index (χ1n) is 9.27. The molecule has 7 heteroatoms. The molecular formula is C20H22N4OS2. The molecule has 1 aliphatic rings. The summed E-state index contributed by atoms with van der Waals surface area (Å²) in [6.45, 7) is 4.02. The van der Waals surface area contributed by atoms with E-state index in [1.807, 2.05) is 31.4 Å². The van der Waals surface area contributed by atoms with Crippen LogP contribution in [-0.2, 0) is 0 Å². The summed E-state index contributed by atoms with van der Waals surface area (Å²) in [6, 6.07) is 3.73. The van der Waals surface area contributed by atoms with Crippen LogP contribution in [0.15, 0.2) is 23.7 Å². The summed E-state index contributed by atoms with van der Waals surface area (Å²) in [7, 11) is 0. The van der Waals surface area contributed by atoms with Crippen LogP contribution < -0.4 is 5.32 Å². The molecule has 1 aliphatic carbocycles. The van der Waals surface area contributed by atoms with Gasteiger partial charge in [0.15, 0.2) is 10.9 Å². The van der Waals surface area contributed by atoms with Gasteiger partial charge in [0, 0.05) is 23.1 Å². The number of aromatic nitrogens is 3. The zero-order valence-corrected chi connectivity index (χ0v) is 17.1. The average Bonchev–Trinajstić information content (AvgIpc) is 3.28. The Morgan fingerprint density at radius 3 is 2.63 bits per heavy atom. The minimum absolute atomic E-state index is 0.173. The summed E-state index contributed by atoms with van der Waals surface area (Å²) < 4.78 is 0. The number of anilines is 2. The van der Waals surface area contributed by atoms with E-state index in [2.05, 4.69) is 20.3 Å². The molecule has 0 aromatic carbocycles. The highest BCUT2D eigenvalue weighted by molar-refractivity contribution is 7.16. The van der Waals surface area contributed by atoms with E-state index in [1.165, 1.54) is 6.42 Å². The predicted molar refractivity (Wildman–Crippen MR) is 111 cm³/mol. The zero-order valence-electron chi connectivity index (χ0n) is 15.5. The van der Waals surface area contributed by atoms with Gasteiger partial charge < -0.3 is 5.32 Å². The van der Waals surface area contributed by atoms with Crippen molar-refractivity contribution in [3.8, 4) is 10.6 Å². The van der Waals surface area contributed by atoms with Gasteiger partial charge in [0.25, 0.3) is 0 Å². The number of carbonyl (C=O) groups excluding carboxylic acids is 1. The first kappa shape index (κ1) is 18.3. The third-order valence-electron chi connectivity index (χ3n) is 4.90. The number of rotatable bonds is 5. The van der Waals surface area contributed by atoms with E-state index in [1.54, 1.807) is 28.9 Å². The Labute approximate surface area is 166 Å². The van der Waals surface area contributed by atoms with Crippen LogP contribution in [0, 0.1) is 19.8 Å². The van der Waals surface area contributed by atoms with E-state index < -0.39 is 0 Å². The molecule has 0 spiro atoms. The Bertz CT molecular complexity index is 939. The molecule has 0 saturated heterocycles.